The van der Waals surface area contributed by atoms with Crippen LogP contribution in [0.3, 0.4) is 0 Å². The lowest BCUT2D eigenvalue weighted by atomic mass is 9.65. The van der Waals surface area contributed by atoms with Crippen LogP contribution in [0.2, 0.25) is 0 Å². The fourth-order valence-corrected chi connectivity index (χ4v) is 3.25. The summed E-state index contributed by atoms with van der Waals surface area (Å²) in [6.07, 6.45) is 6.33. The minimum atomic E-state index is -0.395. The third-order valence-corrected chi connectivity index (χ3v) is 5.26. The van der Waals surface area contributed by atoms with Crippen molar-refractivity contribution in [3.05, 3.63) is 42.0 Å². The number of ether oxygens (including phenoxy) is 1. The van der Waals surface area contributed by atoms with E-state index in [4.69, 9.17) is 4.74 Å². The number of hydrogen-bond donors (Lipinski definition) is 0. The van der Waals surface area contributed by atoms with Gasteiger partial charge in [0, 0.05) is 0 Å². The molecule has 0 heterocycles. The fraction of sp³-hybridized carbons (Fsp3) is 0.500. The van der Waals surface area contributed by atoms with E-state index in [9.17, 15) is 4.79 Å². The molecule has 0 N–H and O–H groups in total. The summed E-state index contributed by atoms with van der Waals surface area (Å²) < 4.78 is 5.02. The van der Waals surface area contributed by atoms with E-state index in [0.29, 0.717) is 5.92 Å². The van der Waals surface area contributed by atoms with Crippen LogP contribution < -0.4 is 0 Å². The molecule has 0 aromatic heterocycles. The molecule has 20 heavy (non-hydrogen) atoms. The summed E-state index contributed by atoms with van der Waals surface area (Å²) in [5, 5.41) is 0. The van der Waals surface area contributed by atoms with E-state index in [-0.39, 0.29) is 11.4 Å². The number of methoxy groups -OCH3 is 1. The Hall–Kier alpha value is -1.57. The monoisotopic (exact) mass is 272 g/mol. The van der Waals surface area contributed by atoms with Crippen molar-refractivity contribution in [1.82, 2.24) is 0 Å². The zero-order valence-electron chi connectivity index (χ0n) is 12.8. The van der Waals surface area contributed by atoms with Crippen LogP contribution in [0.4, 0.5) is 0 Å². The second-order valence-electron chi connectivity index (χ2n) is 6.46. The van der Waals surface area contributed by atoms with Crippen molar-refractivity contribution in [3.63, 3.8) is 0 Å². The quantitative estimate of drug-likeness (QED) is 0.766. The SMILES string of the molecule is COC(=O)[C@]1(C)CC[C@@H](C=Cc2ccccc2)C1(C)C. The van der Waals surface area contributed by atoms with Gasteiger partial charge in [0.05, 0.1) is 12.5 Å². The summed E-state index contributed by atoms with van der Waals surface area (Å²) in [7, 11) is 1.48. The van der Waals surface area contributed by atoms with Gasteiger partial charge in [-0.2, -0.15) is 0 Å². The number of benzene rings is 1. The third kappa shape index (κ3) is 2.39. The van der Waals surface area contributed by atoms with Gasteiger partial charge in [-0.1, -0.05) is 56.3 Å². The van der Waals surface area contributed by atoms with E-state index in [1.807, 2.05) is 25.1 Å². The van der Waals surface area contributed by atoms with Gasteiger partial charge in [0.25, 0.3) is 0 Å². The highest BCUT2D eigenvalue weighted by Crippen LogP contribution is 2.57. The Bertz CT molecular complexity index is 501. The summed E-state index contributed by atoms with van der Waals surface area (Å²) in [6.45, 7) is 6.39. The summed E-state index contributed by atoms with van der Waals surface area (Å²) in [6, 6.07) is 10.3. The molecule has 0 spiro atoms. The molecule has 2 heteroatoms. The van der Waals surface area contributed by atoms with Gasteiger partial charge >= 0.3 is 5.97 Å². The molecule has 0 radical (unpaired) electrons. The van der Waals surface area contributed by atoms with Gasteiger partial charge in [-0.3, -0.25) is 4.79 Å². The lowest BCUT2D eigenvalue weighted by Crippen LogP contribution is -2.41. The average molecular weight is 272 g/mol. The minimum absolute atomic E-state index is 0.0851. The molecule has 0 aliphatic heterocycles. The minimum Gasteiger partial charge on any atom is -0.469 e. The highest BCUT2D eigenvalue weighted by molar-refractivity contribution is 5.78. The molecule has 2 nitrogen and oxygen atoms in total. The fourth-order valence-electron chi connectivity index (χ4n) is 3.25. The predicted octanol–water partition coefficient (Wildman–Crippen LogP) is 4.32. The first kappa shape index (κ1) is 14.8. The van der Waals surface area contributed by atoms with Crippen molar-refractivity contribution in [1.29, 1.82) is 0 Å². The second-order valence-corrected chi connectivity index (χ2v) is 6.46. The van der Waals surface area contributed by atoms with Crippen LogP contribution in [0.15, 0.2) is 36.4 Å². The number of hydrogen-bond acceptors (Lipinski definition) is 2. The van der Waals surface area contributed by atoms with Crippen molar-refractivity contribution in [3.8, 4) is 0 Å². The van der Waals surface area contributed by atoms with E-state index in [1.54, 1.807) is 0 Å². The lowest BCUT2D eigenvalue weighted by Gasteiger charge is -2.38. The molecule has 0 amide bonds. The normalized spacial score (nSPS) is 28.7. The Kier molecular flexibility index (Phi) is 4.03. The smallest absolute Gasteiger partial charge is 0.312 e. The van der Waals surface area contributed by atoms with Crippen molar-refractivity contribution in [2.45, 2.75) is 33.6 Å². The molecule has 1 fully saturated rings. The average Bonchev–Trinajstić information content (AvgIpc) is 2.69. The number of carbonyl (C=O) groups excluding carboxylic acids is 1. The van der Waals surface area contributed by atoms with Crippen molar-refractivity contribution in [2.24, 2.45) is 16.7 Å². The zero-order valence-corrected chi connectivity index (χ0v) is 12.8. The largest absolute Gasteiger partial charge is 0.469 e. The summed E-state index contributed by atoms with van der Waals surface area (Å²) >= 11 is 0. The van der Waals surface area contributed by atoms with Crippen LogP contribution in [-0.4, -0.2) is 13.1 Å². The Morgan fingerprint density at radius 1 is 1.25 bits per heavy atom. The van der Waals surface area contributed by atoms with Crippen molar-refractivity contribution < 1.29 is 9.53 Å². The van der Waals surface area contributed by atoms with Gasteiger partial charge in [-0.15, -0.1) is 0 Å². The number of rotatable bonds is 3. The van der Waals surface area contributed by atoms with Crippen molar-refractivity contribution >= 4 is 12.0 Å². The Labute approximate surface area is 121 Å². The maximum absolute atomic E-state index is 12.1. The zero-order chi connectivity index (χ0) is 14.8. The van der Waals surface area contributed by atoms with Gasteiger partial charge < -0.3 is 4.74 Å². The van der Waals surface area contributed by atoms with Gasteiger partial charge in [0.2, 0.25) is 0 Å². The second kappa shape index (κ2) is 5.43. The first-order chi connectivity index (χ1) is 9.41. The number of allylic oxidation sites excluding steroid dienone is 1. The molecular weight excluding hydrogens is 248 g/mol. The molecular formula is C18H24O2. The molecule has 2 rings (SSSR count). The molecule has 1 aromatic carbocycles. The highest BCUT2D eigenvalue weighted by Gasteiger charge is 2.55. The van der Waals surface area contributed by atoms with Crippen LogP contribution >= 0.6 is 0 Å². The summed E-state index contributed by atoms with van der Waals surface area (Å²) in [5.74, 6) is 0.310. The molecule has 1 aliphatic carbocycles. The first-order valence-corrected chi connectivity index (χ1v) is 7.23. The van der Waals surface area contributed by atoms with Gasteiger partial charge in [0.15, 0.2) is 0 Å². The lowest BCUT2D eigenvalue weighted by molar-refractivity contribution is -0.157. The third-order valence-electron chi connectivity index (χ3n) is 5.26. The summed E-state index contributed by atoms with van der Waals surface area (Å²) in [4.78, 5) is 12.1. The van der Waals surface area contributed by atoms with Crippen molar-refractivity contribution in [2.75, 3.05) is 7.11 Å². The van der Waals surface area contributed by atoms with E-state index in [2.05, 4.69) is 38.1 Å². The van der Waals surface area contributed by atoms with E-state index in [1.165, 1.54) is 12.7 Å². The summed E-state index contributed by atoms with van der Waals surface area (Å²) in [5.41, 5.74) is 0.716. The number of carbonyl (C=O) groups is 1. The van der Waals surface area contributed by atoms with Crippen LogP contribution in [-0.2, 0) is 9.53 Å². The molecule has 108 valence electrons. The molecule has 1 aromatic rings. The molecule has 2 atom stereocenters. The molecule has 1 aliphatic rings. The van der Waals surface area contributed by atoms with Crippen LogP contribution in [0.25, 0.3) is 6.08 Å². The Balaban J connectivity index is 2.20. The topological polar surface area (TPSA) is 26.3 Å². The van der Waals surface area contributed by atoms with E-state index >= 15 is 0 Å². The van der Waals surface area contributed by atoms with Crippen LogP contribution in [0.1, 0.15) is 39.2 Å². The van der Waals surface area contributed by atoms with Crippen LogP contribution in [0.5, 0.6) is 0 Å². The van der Waals surface area contributed by atoms with E-state index in [0.717, 1.165) is 12.8 Å². The molecule has 1 saturated carbocycles. The number of esters is 1. The molecule has 0 saturated heterocycles. The predicted molar refractivity (Wildman–Crippen MR) is 82.1 cm³/mol. The Morgan fingerprint density at radius 2 is 1.90 bits per heavy atom. The van der Waals surface area contributed by atoms with Gasteiger partial charge in [-0.05, 0) is 36.7 Å². The maximum atomic E-state index is 12.1. The Morgan fingerprint density at radius 3 is 2.50 bits per heavy atom. The maximum Gasteiger partial charge on any atom is 0.312 e. The molecule has 0 bridgehead atoms. The van der Waals surface area contributed by atoms with Crippen LogP contribution in [0, 0.1) is 16.7 Å². The van der Waals surface area contributed by atoms with E-state index < -0.39 is 5.41 Å². The standard InChI is InChI=1S/C18H24O2/c1-17(2)15(11-10-14-8-6-5-7-9-14)12-13-18(17,3)16(19)20-4/h5-11,15H,12-13H2,1-4H3/t15-,18+/m1/s1. The van der Waals surface area contributed by atoms with Gasteiger partial charge in [-0.25, -0.2) is 0 Å². The first-order valence-electron chi connectivity index (χ1n) is 7.23. The highest BCUT2D eigenvalue weighted by atomic mass is 16.5. The van der Waals surface area contributed by atoms with Gasteiger partial charge in [0.1, 0.15) is 0 Å². The molecule has 0 unspecified atom stereocenters.